The van der Waals surface area contributed by atoms with Gasteiger partial charge in [0.05, 0.1) is 15.9 Å². The van der Waals surface area contributed by atoms with Crippen LogP contribution >= 0.6 is 0 Å². The number of imidazole rings is 1. The molecule has 1 fully saturated rings. The Kier molecular flexibility index (Phi) is 8.33. The van der Waals surface area contributed by atoms with Crippen LogP contribution in [-0.4, -0.2) is 59.3 Å². The van der Waals surface area contributed by atoms with Gasteiger partial charge in [-0.2, -0.15) is 4.31 Å². The molecular weight excluding hydrogens is 424 g/mol. The zero-order valence-corrected chi connectivity index (χ0v) is 20.8. The lowest BCUT2D eigenvalue weighted by Crippen LogP contribution is -2.39. The van der Waals surface area contributed by atoms with E-state index in [2.05, 4.69) is 18.4 Å². The van der Waals surface area contributed by atoms with Gasteiger partial charge in [-0.1, -0.05) is 34.1 Å². The molecule has 0 spiro atoms. The van der Waals surface area contributed by atoms with Crippen LogP contribution in [-0.2, 0) is 27.8 Å². The van der Waals surface area contributed by atoms with Crippen molar-refractivity contribution in [3.63, 3.8) is 0 Å². The number of carbonyl (C=O) groups excluding carboxylic acids is 1. The largest absolute Gasteiger partial charge is 0.342 e. The number of aryl methyl sites for hydroxylation is 2. The standard InChI is InChI=1S/C24H38N4O3S/c1-5-15-28-22-12-11-20(32(30,31)27(7-3)8-4)17-21(22)25-23(28)13-14-24(29)26-16-9-10-19(6-2)18-26/h11-12,17,19H,5-10,13-16,18H2,1-4H3. The average Bonchev–Trinajstić information content (AvgIpc) is 3.15. The maximum absolute atomic E-state index is 12.9. The first kappa shape index (κ1) is 24.7. The summed E-state index contributed by atoms with van der Waals surface area (Å²) in [6, 6.07) is 5.21. The molecule has 1 saturated heterocycles. The van der Waals surface area contributed by atoms with Crippen molar-refractivity contribution in [1.82, 2.24) is 18.8 Å². The topological polar surface area (TPSA) is 75.5 Å². The number of carbonyl (C=O) groups is 1. The van der Waals surface area contributed by atoms with Crippen LogP contribution in [0.3, 0.4) is 0 Å². The van der Waals surface area contributed by atoms with E-state index in [1.807, 2.05) is 24.8 Å². The Hall–Kier alpha value is -1.93. The monoisotopic (exact) mass is 462 g/mol. The molecule has 2 aromatic rings. The number of amides is 1. The van der Waals surface area contributed by atoms with E-state index in [1.165, 1.54) is 10.7 Å². The van der Waals surface area contributed by atoms with E-state index in [-0.39, 0.29) is 10.8 Å². The Morgan fingerprint density at radius 3 is 2.59 bits per heavy atom. The number of hydrogen-bond acceptors (Lipinski definition) is 4. The summed E-state index contributed by atoms with van der Waals surface area (Å²) in [5, 5.41) is 0. The molecule has 0 saturated carbocycles. The summed E-state index contributed by atoms with van der Waals surface area (Å²) >= 11 is 0. The third kappa shape index (κ3) is 5.17. The zero-order chi connectivity index (χ0) is 23.3. The summed E-state index contributed by atoms with van der Waals surface area (Å²) < 4.78 is 29.5. The molecule has 1 aromatic heterocycles. The summed E-state index contributed by atoms with van der Waals surface area (Å²) in [5.41, 5.74) is 1.61. The molecule has 3 rings (SSSR count). The molecule has 2 heterocycles. The number of rotatable bonds is 10. The van der Waals surface area contributed by atoms with E-state index < -0.39 is 10.0 Å². The molecule has 1 atom stereocenters. The number of piperidine rings is 1. The summed E-state index contributed by atoms with van der Waals surface area (Å²) in [6.07, 6.45) is 5.37. The average molecular weight is 463 g/mol. The van der Waals surface area contributed by atoms with Crippen molar-refractivity contribution in [2.45, 2.75) is 77.7 Å². The molecule has 178 valence electrons. The first-order valence-electron chi connectivity index (χ1n) is 12.1. The van der Waals surface area contributed by atoms with Gasteiger partial charge >= 0.3 is 0 Å². The maximum atomic E-state index is 12.9. The van der Waals surface area contributed by atoms with Crippen molar-refractivity contribution in [1.29, 1.82) is 0 Å². The van der Waals surface area contributed by atoms with Crippen molar-refractivity contribution in [2.75, 3.05) is 26.2 Å². The molecule has 1 amide bonds. The lowest BCUT2D eigenvalue weighted by molar-refractivity contribution is -0.133. The van der Waals surface area contributed by atoms with Gasteiger partial charge in [-0.25, -0.2) is 13.4 Å². The minimum absolute atomic E-state index is 0.197. The summed E-state index contributed by atoms with van der Waals surface area (Å²) in [5.74, 6) is 1.67. The van der Waals surface area contributed by atoms with Gasteiger partial charge < -0.3 is 9.47 Å². The Morgan fingerprint density at radius 1 is 1.19 bits per heavy atom. The van der Waals surface area contributed by atoms with Gasteiger partial charge in [0.25, 0.3) is 0 Å². The van der Waals surface area contributed by atoms with Crippen molar-refractivity contribution < 1.29 is 13.2 Å². The highest BCUT2D eigenvalue weighted by molar-refractivity contribution is 7.89. The van der Waals surface area contributed by atoms with Gasteiger partial charge in [0.1, 0.15) is 5.82 Å². The number of hydrogen-bond donors (Lipinski definition) is 0. The molecule has 0 aliphatic carbocycles. The Balaban J connectivity index is 1.83. The smallest absolute Gasteiger partial charge is 0.243 e. The van der Waals surface area contributed by atoms with Gasteiger partial charge in [0, 0.05) is 45.6 Å². The van der Waals surface area contributed by atoms with Gasteiger partial charge in [-0.15, -0.1) is 0 Å². The molecule has 1 unspecified atom stereocenters. The lowest BCUT2D eigenvalue weighted by Gasteiger charge is -2.32. The van der Waals surface area contributed by atoms with E-state index in [4.69, 9.17) is 4.98 Å². The van der Waals surface area contributed by atoms with Crippen LogP contribution in [0.2, 0.25) is 0 Å². The molecular formula is C24H38N4O3S. The second-order valence-electron chi connectivity index (χ2n) is 8.68. The van der Waals surface area contributed by atoms with Gasteiger partial charge in [-0.05, 0) is 43.4 Å². The van der Waals surface area contributed by atoms with E-state index >= 15 is 0 Å². The van der Waals surface area contributed by atoms with Gasteiger partial charge in [0.15, 0.2) is 0 Å². The van der Waals surface area contributed by atoms with Crippen LogP contribution in [0.5, 0.6) is 0 Å². The lowest BCUT2D eigenvalue weighted by atomic mass is 9.95. The molecule has 32 heavy (non-hydrogen) atoms. The van der Waals surface area contributed by atoms with E-state index in [0.717, 1.165) is 50.2 Å². The number of fused-ring (bicyclic) bond motifs is 1. The van der Waals surface area contributed by atoms with Crippen LogP contribution in [0.1, 0.15) is 65.6 Å². The van der Waals surface area contributed by atoms with Crippen molar-refractivity contribution in [3.05, 3.63) is 24.0 Å². The zero-order valence-electron chi connectivity index (χ0n) is 20.0. The number of sulfonamides is 1. The van der Waals surface area contributed by atoms with Crippen LogP contribution < -0.4 is 0 Å². The number of likely N-dealkylation sites (tertiary alicyclic amines) is 1. The van der Waals surface area contributed by atoms with Gasteiger partial charge in [-0.3, -0.25) is 4.79 Å². The minimum Gasteiger partial charge on any atom is -0.342 e. The SMILES string of the molecule is CCCn1c(CCC(=O)N2CCCC(CC)C2)nc2cc(S(=O)(=O)N(CC)CC)ccc21. The number of aromatic nitrogens is 2. The second kappa shape index (κ2) is 10.8. The van der Waals surface area contributed by atoms with Crippen molar-refractivity contribution in [2.24, 2.45) is 5.92 Å². The number of nitrogens with zero attached hydrogens (tertiary/aromatic N) is 4. The molecule has 0 N–H and O–H groups in total. The Morgan fingerprint density at radius 2 is 1.94 bits per heavy atom. The van der Waals surface area contributed by atoms with Crippen LogP contribution in [0.15, 0.2) is 23.1 Å². The summed E-state index contributed by atoms with van der Waals surface area (Å²) in [4.78, 5) is 19.9. The number of benzene rings is 1. The fraction of sp³-hybridized carbons (Fsp3) is 0.667. The quantitative estimate of drug-likeness (QED) is 0.534. The summed E-state index contributed by atoms with van der Waals surface area (Å²) in [7, 11) is -3.53. The maximum Gasteiger partial charge on any atom is 0.243 e. The van der Waals surface area contributed by atoms with Crippen molar-refractivity contribution in [3.8, 4) is 0 Å². The Bertz CT molecular complexity index is 1030. The molecule has 8 heteroatoms. The normalized spacial score (nSPS) is 17.4. The predicted molar refractivity (Wildman–Crippen MR) is 128 cm³/mol. The van der Waals surface area contributed by atoms with E-state index in [1.54, 1.807) is 12.1 Å². The highest BCUT2D eigenvalue weighted by Gasteiger charge is 2.25. The summed E-state index contributed by atoms with van der Waals surface area (Å²) in [6.45, 7) is 11.4. The van der Waals surface area contributed by atoms with Crippen LogP contribution in [0.4, 0.5) is 0 Å². The first-order chi connectivity index (χ1) is 15.3. The fourth-order valence-electron chi connectivity index (χ4n) is 4.70. The predicted octanol–water partition coefficient (Wildman–Crippen LogP) is 4.06. The minimum atomic E-state index is -3.53. The van der Waals surface area contributed by atoms with Crippen LogP contribution in [0.25, 0.3) is 11.0 Å². The van der Waals surface area contributed by atoms with Gasteiger partial charge in [0.2, 0.25) is 15.9 Å². The molecule has 1 aliphatic rings. The van der Waals surface area contributed by atoms with Crippen LogP contribution in [0, 0.1) is 5.92 Å². The molecule has 1 aromatic carbocycles. The van der Waals surface area contributed by atoms with E-state index in [9.17, 15) is 13.2 Å². The second-order valence-corrected chi connectivity index (χ2v) is 10.6. The Labute approximate surface area is 192 Å². The molecule has 0 radical (unpaired) electrons. The molecule has 0 bridgehead atoms. The third-order valence-corrected chi connectivity index (χ3v) is 8.65. The molecule has 7 nitrogen and oxygen atoms in total. The van der Waals surface area contributed by atoms with Crippen molar-refractivity contribution >= 4 is 27.0 Å². The first-order valence-corrected chi connectivity index (χ1v) is 13.6. The molecule has 1 aliphatic heterocycles. The van der Waals surface area contributed by atoms with E-state index in [0.29, 0.717) is 37.4 Å². The third-order valence-electron chi connectivity index (χ3n) is 6.60. The highest BCUT2D eigenvalue weighted by Crippen LogP contribution is 2.25. The highest BCUT2D eigenvalue weighted by atomic mass is 32.2. The fourth-order valence-corrected chi connectivity index (χ4v) is 6.18.